The Bertz CT molecular complexity index is 339. The molecule has 1 aromatic carbocycles. The van der Waals surface area contributed by atoms with Gasteiger partial charge in [-0.1, -0.05) is 11.6 Å². The Morgan fingerprint density at radius 2 is 2.29 bits per heavy atom. The number of benzene rings is 1. The lowest BCUT2D eigenvalue weighted by Crippen LogP contribution is -2.03. The molecular formula is C10H12ClNO2. The minimum Gasteiger partial charge on any atom is -0.465 e. The zero-order valence-corrected chi connectivity index (χ0v) is 8.89. The second-order valence-electron chi connectivity index (χ2n) is 2.72. The molecule has 0 saturated heterocycles. The van der Waals surface area contributed by atoms with E-state index in [9.17, 15) is 4.79 Å². The highest BCUT2D eigenvalue weighted by molar-refractivity contribution is 6.33. The third kappa shape index (κ3) is 2.39. The van der Waals surface area contributed by atoms with Gasteiger partial charge in [0, 0.05) is 6.54 Å². The summed E-state index contributed by atoms with van der Waals surface area (Å²) in [6.45, 7) is 2.71. The number of carbonyl (C=O) groups excluding carboxylic acids is 1. The minimum absolute atomic E-state index is 0.360. The molecule has 1 N–H and O–H groups in total. The van der Waals surface area contributed by atoms with E-state index in [2.05, 4.69) is 10.1 Å². The number of halogens is 1. The van der Waals surface area contributed by atoms with Crippen LogP contribution in [0.25, 0.3) is 0 Å². The number of hydrogen-bond donors (Lipinski definition) is 1. The zero-order chi connectivity index (χ0) is 10.6. The third-order valence-corrected chi connectivity index (χ3v) is 2.08. The number of esters is 1. The van der Waals surface area contributed by atoms with E-state index in [1.807, 2.05) is 6.92 Å². The molecule has 0 aliphatic heterocycles. The van der Waals surface area contributed by atoms with Crippen LogP contribution < -0.4 is 5.32 Å². The summed E-state index contributed by atoms with van der Waals surface area (Å²) >= 11 is 5.91. The van der Waals surface area contributed by atoms with Gasteiger partial charge in [-0.3, -0.25) is 0 Å². The predicted octanol–water partition coefficient (Wildman–Crippen LogP) is 2.56. The Hall–Kier alpha value is -1.22. The van der Waals surface area contributed by atoms with E-state index in [0.717, 1.165) is 12.2 Å². The van der Waals surface area contributed by atoms with E-state index in [4.69, 9.17) is 11.6 Å². The normalized spacial score (nSPS) is 9.64. The maximum atomic E-state index is 11.2. The smallest absolute Gasteiger partial charge is 0.337 e. The molecule has 0 atom stereocenters. The van der Waals surface area contributed by atoms with Crippen molar-refractivity contribution in [2.24, 2.45) is 0 Å². The molecule has 1 aromatic rings. The summed E-state index contributed by atoms with van der Waals surface area (Å²) < 4.78 is 4.60. The summed E-state index contributed by atoms with van der Waals surface area (Å²) in [6.07, 6.45) is 0. The molecule has 3 nitrogen and oxygen atoms in total. The molecule has 0 aromatic heterocycles. The van der Waals surface area contributed by atoms with Gasteiger partial charge in [0.1, 0.15) is 0 Å². The number of rotatable bonds is 3. The van der Waals surface area contributed by atoms with Gasteiger partial charge < -0.3 is 10.1 Å². The first-order chi connectivity index (χ1) is 6.69. The molecule has 0 radical (unpaired) electrons. The van der Waals surface area contributed by atoms with Gasteiger partial charge in [0.05, 0.1) is 23.4 Å². The average Bonchev–Trinajstić information content (AvgIpc) is 2.20. The van der Waals surface area contributed by atoms with Crippen LogP contribution in [-0.4, -0.2) is 19.6 Å². The SMILES string of the molecule is CCNc1cc(C(=O)OC)ccc1Cl. The van der Waals surface area contributed by atoms with E-state index in [0.29, 0.717) is 10.6 Å². The number of methoxy groups -OCH3 is 1. The van der Waals surface area contributed by atoms with E-state index < -0.39 is 0 Å². The fourth-order valence-corrected chi connectivity index (χ4v) is 1.28. The van der Waals surface area contributed by atoms with Crippen LogP contribution in [0.5, 0.6) is 0 Å². The van der Waals surface area contributed by atoms with Gasteiger partial charge in [0.2, 0.25) is 0 Å². The van der Waals surface area contributed by atoms with E-state index >= 15 is 0 Å². The Labute approximate surface area is 88.0 Å². The molecule has 0 saturated carbocycles. The van der Waals surface area contributed by atoms with Crippen LogP contribution in [0.4, 0.5) is 5.69 Å². The summed E-state index contributed by atoms with van der Waals surface area (Å²) in [6, 6.07) is 4.98. The van der Waals surface area contributed by atoms with Crippen LogP contribution in [0.3, 0.4) is 0 Å². The first-order valence-corrected chi connectivity index (χ1v) is 4.68. The zero-order valence-electron chi connectivity index (χ0n) is 8.13. The maximum Gasteiger partial charge on any atom is 0.337 e. The van der Waals surface area contributed by atoms with Gasteiger partial charge in [0.15, 0.2) is 0 Å². The van der Waals surface area contributed by atoms with Crippen molar-refractivity contribution < 1.29 is 9.53 Å². The largest absolute Gasteiger partial charge is 0.465 e. The van der Waals surface area contributed by atoms with Crippen molar-refractivity contribution >= 4 is 23.3 Å². The van der Waals surface area contributed by atoms with Gasteiger partial charge >= 0.3 is 5.97 Å². The van der Waals surface area contributed by atoms with Crippen molar-refractivity contribution in [1.82, 2.24) is 0 Å². The molecule has 14 heavy (non-hydrogen) atoms. The topological polar surface area (TPSA) is 38.3 Å². The molecule has 0 aliphatic carbocycles. The maximum absolute atomic E-state index is 11.2. The second kappa shape index (κ2) is 4.86. The van der Waals surface area contributed by atoms with Crippen LogP contribution in [0, 0.1) is 0 Å². The molecule has 76 valence electrons. The predicted molar refractivity (Wildman–Crippen MR) is 57.0 cm³/mol. The fraction of sp³-hybridized carbons (Fsp3) is 0.300. The first-order valence-electron chi connectivity index (χ1n) is 4.30. The monoisotopic (exact) mass is 213 g/mol. The highest BCUT2D eigenvalue weighted by atomic mass is 35.5. The lowest BCUT2D eigenvalue weighted by molar-refractivity contribution is 0.0601. The van der Waals surface area contributed by atoms with Crippen molar-refractivity contribution in [3.8, 4) is 0 Å². The highest BCUT2D eigenvalue weighted by Crippen LogP contribution is 2.23. The Kier molecular flexibility index (Phi) is 3.77. The lowest BCUT2D eigenvalue weighted by Gasteiger charge is -2.07. The van der Waals surface area contributed by atoms with Crippen LogP contribution in [-0.2, 0) is 4.74 Å². The molecular weight excluding hydrogens is 202 g/mol. The van der Waals surface area contributed by atoms with Crippen LogP contribution in [0.1, 0.15) is 17.3 Å². The van der Waals surface area contributed by atoms with Crippen molar-refractivity contribution in [2.45, 2.75) is 6.92 Å². The molecule has 0 heterocycles. The van der Waals surface area contributed by atoms with Crippen LogP contribution in [0.2, 0.25) is 5.02 Å². The number of hydrogen-bond acceptors (Lipinski definition) is 3. The third-order valence-electron chi connectivity index (χ3n) is 1.75. The quantitative estimate of drug-likeness (QED) is 0.785. The lowest BCUT2D eigenvalue weighted by atomic mass is 10.2. The molecule has 0 bridgehead atoms. The first kappa shape index (κ1) is 10.9. The van der Waals surface area contributed by atoms with Crippen molar-refractivity contribution in [3.05, 3.63) is 28.8 Å². The summed E-state index contributed by atoms with van der Waals surface area (Å²) in [4.78, 5) is 11.2. The number of nitrogens with one attached hydrogen (secondary N) is 1. The second-order valence-corrected chi connectivity index (χ2v) is 3.12. The van der Waals surface area contributed by atoms with Crippen molar-refractivity contribution in [1.29, 1.82) is 0 Å². The molecule has 4 heteroatoms. The number of ether oxygens (including phenoxy) is 1. The van der Waals surface area contributed by atoms with Crippen molar-refractivity contribution in [2.75, 3.05) is 19.0 Å². The molecule has 0 fully saturated rings. The van der Waals surface area contributed by atoms with E-state index in [1.165, 1.54) is 7.11 Å². The number of carbonyl (C=O) groups is 1. The summed E-state index contributed by atoms with van der Waals surface area (Å²) in [5, 5.41) is 3.65. The van der Waals surface area contributed by atoms with Gasteiger partial charge in [0.25, 0.3) is 0 Å². The number of anilines is 1. The minimum atomic E-state index is -0.360. The molecule has 0 aliphatic rings. The van der Waals surface area contributed by atoms with Crippen molar-refractivity contribution in [3.63, 3.8) is 0 Å². The summed E-state index contributed by atoms with van der Waals surface area (Å²) in [7, 11) is 1.35. The molecule has 0 amide bonds. The van der Waals surface area contributed by atoms with Gasteiger partial charge in [-0.2, -0.15) is 0 Å². The van der Waals surface area contributed by atoms with Gasteiger partial charge in [-0.05, 0) is 25.1 Å². The summed E-state index contributed by atoms with van der Waals surface area (Å²) in [5.41, 5.74) is 1.24. The summed E-state index contributed by atoms with van der Waals surface area (Å²) in [5.74, 6) is -0.360. The Balaban J connectivity index is 2.99. The van der Waals surface area contributed by atoms with E-state index in [1.54, 1.807) is 18.2 Å². The Morgan fingerprint density at radius 1 is 1.57 bits per heavy atom. The van der Waals surface area contributed by atoms with Crippen LogP contribution in [0.15, 0.2) is 18.2 Å². The Morgan fingerprint density at radius 3 is 2.86 bits per heavy atom. The van der Waals surface area contributed by atoms with Gasteiger partial charge in [-0.15, -0.1) is 0 Å². The average molecular weight is 214 g/mol. The van der Waals surface area contributed by atoms with Gasteiger partial charge in [-0.25, -0.2) is 4.79 Å². The molecule has 0 unspecified atom stereocenters. The highest BCUT2D eigenvalue weighted by Gasteiger charge is 2.07. The molecule has 0 spiro atoms. The standard InChI is InChI=1S/C10H12ClNO2/c1-3-12-9-6-7(10(13)14-2)4-5-8(9)11/h4-6,12H,3H2,1-2H3. The molecule has 1 rings (SSSR count). The van der Waals surface area contributed by atoms with Crippen LogP contribution >= 0.6 is 11.6 Å². The fourth-order valence-electron chi connectivity index (χ4n) is 1.10. The van der Waals surface area contributed by atoms with E-state index in [-0.39, 0.29) is 5.97 Å².